The Balaban J connectivity index is 2.05. The molecule has 2 aromatic heterocycles. The lowest BCUT2D eigenvalue weighted by Crippen LogP contribution is -2.03. The number of halogens is 2. The van der Waals surface area contributed by atoms with Crippen LogP contribution in [0.4, 0.5) is 5.82 Å². The number of hydrogen-bond donors (Lipinski definition) is 1. The van der Waals surface area contributed by atoms with E-state index in [9.17, 15) is 0 Å². The van der Waals surface area contributed by atoms with E-state index in [2.05, 4.69) is 36.2 Å². The smallest absolute Gasteiger partial charge is 0.145 e. The number of aromatic nitrogens is 3. The molecule has 0 unspecified atom stereocenters. The van der Waals surface area contributed by atoms with Crippen molar-refractivity contribution in [3.8, 4) is 0 Å². The van der Waals surface area contributed by atoms with Gasteiger partial charge in [0.05, 0.1) is 17.3 Å². The van der Waals surface area contributed by atoms with E-state index in [1.54, 1.807) is 18.5 Å². The molecule has 2 rings (SSSR count). The summed E-state index contributed by atoms with van der Waals surface area (Å²) in [5.74, 6) is 0.642. The van der Waals surface area contributed by atoms with Crippen LogP contribution in [0.1, 0.15) is 5.69 Å². The zero-order chi connectivity index (χ0) is 11.4. The second-order valence-electron chi connectivity index (χ2n) is 3.04. The molecule has 0 saturated carbocycles. The van der Waals surface area contributed by atoms with Gasteiger partial charge in [-0.15, -0.1) is 0 Å². The van der Waals surface area contributed by atoms with Gasteiger partial charge in [0.15, 0.2) is 0 Å². The van der Waals surface area contributed by atoms with Gasteiger partial charge in [0.2, 0.25) is 0 Å². The number of nitrogens with one attached hydrogen (secondary N) is 1. The molecular formula is C10H8BrClN4. The Hall–Kier alpha value is -1.20. The summed E-state index contributed by atoms with van der Waals surface area (Å²) in [6, 6.07) is 3.62. The molecule has 0 atom stereocenters. The van der Waals surface area contributed by atoms with Gasteiger partial charge in [-0.3, -0.25) is 0 Å². The molecule has 0 aliphatic rings. The lowest BCUT2D eigenvalue weighted by atomic mass is 10.4. The van der Waals surface area contributed by atoms with Crippen molar-refractivity contribution < 1.29 is 0 Å². The summed E-state index contributed by atoms with van der Waals surface area (Å²) in [7, 11) is 0. The second kappa shape index (κ2) is 5.23. The third kappa shape index (κ3) is 2.90. The maximum Gasteiger partial charge on any atom is 0.145 e. The average molecular weight is 300 g/mol. The van der Waals surface area contributed by atoms with Gasteiger partial charge in [-0.05, 0) is 28.1 Å². The Morgan fingerprint density at radius 3 is 2.94 bits per heavy atom. The number of hydrogen-bond acceptors (Lipinski definition) is 4. The van der Waals surface area contributed by atoms with Crippen LogP contribution in [0.5, 0.6) is 0 Å². The molecule has 2 heterocycles. The van der Waals surface area contributed by atoms with Crippen LogP contribution in [-0.4, -0.2) is 15.0 Å². The zero-order valence-electron chi connectivity index (χ0n) is 8.19. The summed E-state index contributed by atoms with van der Waals surface area (Å²) >= 11 is 9.30. The van der Waals surface area contributed by atoms with E-state index in [1.165, 1.54) is 6.33 Å². The summed E-state index contributed by atoms with van der Waals surface area (Å²) in [5.41, 5.74) is 0.885. The van der Waals surface area contributed by atoms with E-state index in [0.717, 1.165) is 10.2 Å². The highest BCUT2D eigenvalue weighted by Crippen LogP contribution is 2.22. The summed E-state index contributed by atoms with van der Waals surface area (Å²) in [4.78, 5) is 12.1. The first-order chi connectivity index (χ1) is 7.75. The van der Waals surface area contributed by atoms with Gasteiger partial charge in [0, 0.05) is 16.9 Å². The van der Waals surface area contributed by atoms with Crippen molar-refractivity contribution in [3.63, 3.8) is 0 Å². The SMILES string of the molecule is Clc1cc(Br)cnc1NCc1ccncn1. The zero-order valence-corrected chi connectivity index (χ0v) is 10.5. The maximum atomic E-state index is 6.01. The van der Waals surface area contributed by atoms with Crippen LogP contribution in [-0.2, 0) is 6.54 Å². The molecule has 0 aliphatic heterocycles. The van der Waals surface area contributed by atoms with Gasteiger partial charge < -0.3 is 5.32 Å². The van der Waals surface area contributed by atoms with Gasteiger partial charge in [0.1, 0.15) is 12.1 Å². The third-order valence-electron chi connectivity index (χ3n) is 1.89. The quantitative estimate of drug-likeness (QED) is 0.947. The van der Waals surface area contributed by atoms with Crippen molar-refractivity contribution in [1.82, 2.24) is 15.0 Å². The lowest BCUT2D eigenvalue weighted by molar-refractivity contribution is 0.996. The van der Waals surface area contributed by atoms with Crippen LogP contribution in [0.15, 0.2) is 35.3 Å². The van der Waals surface area contributed by atoms with Crippen LogP contribution in [0, 0.1) is 0 Å². The van der Waals surface area contributed by atoms with Gasteiger partial charge in [0.25, 0.3) is 0 Å². The summed E-state index contributed by atoms with van der Waals surface area (Å²) in [5, 5.41) is 3.67. The summed E-state index contributed by atoms with van der Waals surface area (Å²) < 4.78 is 0.852. The van der Waals surface area contributed by atoms with Gasteiger partial charge >= 0.3 is 0 Å². The maximum absolute atomic E-state index is 6.01. The van der Waals surface area contributed by atoms with Gasteiger partial charge in [-0.25, -0.2) is 15.0 Å². The molecule has 0 radical (unpaired) electrons. The largest absolute Gasteiger partial charge is 0.363 e. The molecule has 4 nitrogen and oxygen atoms in total. The van der Waals surface area contributed by atoms with Crippen molar-refractivity contribution in [1.29, 1.82) is 0 Å². The topological polar surface area (TPSA) is 50.7 Å². The Bertz CT molecular complexity index is 478. The van der Waals surface area contributed by atoms with Crippen LogP contribution in [0.2, 0.25) is 5.02 Å². The van der Waals surface area contributed by atoms with E-state index in [4.69, 9.17) is 11.6 Å². The monoisotopic (exact) mass is 298 g/mol. The Labute approximate surface area is 106 Å². The first-order valence-corrected chi connectivity index (χ1v) is 5.72. The fraction of sp³-hybridized carbons (Fsp3) is 0.100. The molecule has 0 spiro atoms. The minimum atomic E-state index is 0.566. The molecular weight excluding hydrogens is 291 g/mol. The van der Waals surface area contributed by atoms with Crippen molar-refractivity contribution in [2.45, 2.75) is 6.54 Å². The van der Waals surface area contributed by atoms with Crippen molar-refractivity contribution >= 4 is 33.3 Å². The van der Waals surface area contributed by atoms with Crippen LogP contribution in [0.25, 0.3) is 0 Å². The number of rotatable bonds is 3. The first kappa shape index (κ1) is 11.3. The summed E-state index contributed by atoms with van der Waals surface area (Å²) in [6.45, 7) is 0.566. The molecule has 0 fully saturated rings. The molecule has 0 aromatic carbocycles. The molecule has 1 N–H and O–H groups in total. The fourth-order valence-corrected chi connectivity index (χ4v) is 1.84. The number of nitrogens with zero attached hydrogens (tertiary/aromatic N) is 3. The highest BCUT2D eigenvalue weighted by molar-refractivity contribution is 9.10. The van der Waals surface area contributed by atoms with E-state index in [-0.39, 0.29) is 0 Å². The lowest BCUT2D eigenvalue weighted by Gasteiger charge is -2.06. The predicted octanol–water partition coefficient (Wildman–Crippen LogP) is 2.90. The normalized spacial score (nSPS) is 10.1. The minimum absolute atomic E-state index is 0.566. The molecule has 0 aliphatic carbocycles. The third-order valence-corrected chi connectivity index (χ3v) is 2.61. The molecule has 0 amide bonds. The Morgan fingerprint density at radius 1 is 1.38 bits per heavy atom. The average Bonchev–Trinajstić information content (AvgIpc) is 2.29. The standard InChI is InChI=1S/C10H8BrClN4/c11-7-3-9(12)10(14-4-7)15-5-8-1-2-13-6-16-8/h1-4,6H,5H2,(H,14,15). The molecule has 0 bridgehead atoms. The van der Waals surface area contributed by atoms with E-state index < -0.39 is 0 Å². The van der Waals surface area contributed by atoms with E-state index in [0.29, 0.717) is 17.4 Å². The van der Waals surface area contributed by atoms with E-state index >= 15 is 0 Å². The fourth-order valence-electron chi connectivity index (χ4n) is 1.14. The van der Waals surface area contributed by atoms with Crippen molar-refractivity contribution in [2.24, 2.45) is 0 Å². The first-order valence-electron chi connectivity index (χ1n) is 4.55. The molecule has 82 valence electrons. The van der Waals surface area contributed by atoms with Crippen LogP contribution < -0.4 is 5.32 Å². The van der Waals surface area contributed by atoms with E-state index in [1.807, 2.05) is 6.07 Å². The Morgan fingerprint density at radius 2 is 2.25 bits per heavy atom. The predicted molar refractivity (Wildman–Crippen MR) is 66.3 cm³/mol. The summed E-state index contributed by atoms with van der Waals surface area (Å²) in [6.07, 6.45) is 4.89. The second-order valence-corrected chi connectivity index (χ2v) is 4.36. The van der Waals surface area contributed by atoms with Crippen molar-refractivity contribution in [3.05, 3.63) is 46.0 Å². The highest BCUT2D eigenvalue weighted by atomic mass is 79.9. The highest BCUT2D eigenvalue weighted by Gasteiger charge is 2.02. The van der Waals surface area contributed by atoms with Crippen molar-refractivity contribution in [2.75, 3.05) is 5.32 Å². The molecule has 6 heteroatoms. The minimum Gasteiger partial charge on any atom is -0.363 e. The van der Waals surface area contributed by atoms with Gasteiger partial charge in [-0.1, -0.05) is 11.6 Å². The van der Waals surface area contributed by atoms with Crippen LogP contribution in [0.3, 0.4) is 0 Å². The number of anilines is 1. The van der Waals surface area contributed by atoms with Gasteiger partial charge in [-0.2, -0.15) is 0 Å². The molecule has 16 heavy (non-hydrogen) atoms. The molecule has 2 aromatic rings. The molecule has 0 saturated heterocycles. The number of pyridine rings is 1. The van der Waals surface area contributed by atoms with Crippen LogP contribution >= 0.6 is 27.5 Å². The Kier molecular flexibility index (Phi) is 3.69.